The predicted octanol–water partition coefficient (Wildman–Crippen LogP) is 2.04. The first-order valence-corrected chi connectivity index (χ1v) is 14.0. The first-order chi connectivity index (χ1) is 19.6. The molecule has 0 fully saturated rings. The Labute approximate surface area is 234 Å². The number of tetrazole rings is 2. The summed E-state index contributed by atoms with van der Waals surface area (Å²) in [4.78, 5) is 2.60. The molecule has 0 aliphatic rings. The number of aromatic hydroxyl groups is 2. The highest BCUT2D eigenvalue weighted by atomic mass is 32.2. The van der Waals surface area contributed by atoms with Gasteiger partial charge in [-0.1, -0.05) is 12.1 Å². The third-order valence-electron chi connectivity index (χ3n) is 6.18. The average molecular weight is 573 g/mol. The van der Waals surface area contributed by atoms with Gasteiger partial charge in [-0.05, 0) is 99.9 Å². The zero-order valence-electron chi connectivity index (χ0n) is 22.1. The standard InChI is InChI=1S/C26H24N10O4S/c1-16-29-31-33-35(16)27-14-18-7-9-24(37)22(11-18)26(20-5-4-6-21(13-20)41(3,39)40)23-12-19(8-10-25(23)38)15-28-36-17(2)30-32-34-36/h4-15,26,37-38H,1-3H3. The molecule has 5 aromatic rings. The van der Waals surface area contributed by atoms with Gasteiger partial charge in [-0.3, -0.25) is 0 Å². The zero-order valence-corrected chi connectivity index (χ0v) is 22.9. The maximum atomic E-state index is 12.4. The molecule has 0 spiro atoms. The van der Waals surface area contributed by atoms with E-state index >= 15 is 0 Å². The molecule has 0 bridgehead atoms. The maximum Gasteiger partial charge on any atom is 0.175 e. The van der Waals surface area contributed by atoms with Crippen LogP contribution in [0.15, 0.2) is 75.8 Å². The molecule has 0 saturated heterocycles. The number of sulfone groups is 1. The monoisotopic (exact) mass is 572 g/mol. The summed E-state index contributed by atoms with van der Waals surface area (Å²) >= 11 is 0. The molecule has 0 aliphatic heterocycles. The maximum absolute atomic E-state index is 12.4. The first-order valence-electron chi connectivity index (χ1n) is 12.1. The Kier molecular flexibility index (Phi) is 7.35. The van der Waals surface area contributed by atoms with Gasteiger partial charge in [0.05, 0.1) is 17.3 Å². The van der Waals surface area contributed by atoms with E-state index in [0.717, 1.165) is 6.26 Å². The smallest absolute Gasteiger partial charge is 0.175 e. The summed E-state index contributed by atoms with van der Waals surface area (Å²) in [6.07, 6.45) is 4.16. The molecule has 0 aliphatic carbocycles. The molecule has 208 valence electrons. The van der Waals surface area contributed by atoms with Gasteiger partial charge in [-0.25, -0.2) is 8.42 Å². The Morgan fingerprint density at radius 1 is 0.780 bits per heavy atom. The van der Waals surface area contributed by atoms with Crippen molar-refractivity contribution in [2.24, 2.45) is 10.2 Å². The van der Waals surface area contributed by atoms with Gasteiger partial charge in [0.1, 0.15) is 11.5 Å². The lowest BCUT2D eigenvalue weighted by Gasteiger charge is -2.22. The summed E-state index contributed by atoms with van der Waals surface area (Å²) in [6.45, 7) is 3.40. The summed E-state index contributed by atoms with van der Waals surface area (Å²) in [5.41, 5.74) is 2.52. The van der Waals surface area contributed by atoms with E-state index in [1.54, 1.807) is 50.2 Å². The number of hydrogen-bond acceptors (Lipinski definition) is 12. The lowest BCUT2D eigenvalue weighted by atomic mass is 9.83. The second-order valence-electron chi connectivity index (χ2n) is 9.13. The summed E-state index contributed by atoms with van der Waals surface area (Å²) in [5, 5.41) is 52.9. The molecule has 0 unspecified atom stereocenters. The highest BCUT2D eigenvalue weighted by Crippen LogP contribution is 2.41. The predicted molar refractivity (Wildman–Crippen MR) is 148 cm³/mol. The Morgan fingerprint density at radius 3 is 1.73 bits per heavy atom. The molecule has 0 saturated carbocycles. The van der Waals surface area contributed by atoms with Crippen LogP contribution in [-0.4, -0.2) is 77.9 Å². The van der Waals surface area contributed by atoms with Crippen molar-refractivity contribution in [1.29, 1.82) is 0 Å². The van der Waals surface area contributed by atoms with Gasteiger partial charge in [0.2, 0.25) is 0 Å². The van der Waals surface area contributed by atoms with E-state index in [2.05, 4.69) is 41.3 Å². The van der Waals surface area contributed by atoms with Crippen LogP contribution in [0.5, 0.6) is 11.5 Å². The van der Waals surface area contributed by atoms with E-state index in [0.29, 0.717) is 39.5 Å². The molecule has 2 heterocycles. The van der Waals surface area contributed by atoms with E-state index in [4.69, 9.17) is 0 Å². The lowest BCUT2D eigenvalue weighted by molar-refractivity contribution is 0.458. The van der Waals surface area contributed by atoms with Gasteiger partial charge in [-0.2, -0.15) is 10.2 Å². The van der Waals surface area contributed by atoms with E-state index < -0.39 is 15.8 Å². The number of phenolic OH excluding ortho intramolecular Hbond substituents is 2. The van der Waals surface area contributed by atoms with Gasteiger partial charge in [-0.15, -0.1) is 19.8 Å². The van der Waals surface area contributed by atoms with Crippen molar-refractivity contribution in [3.63, 3.8) is 0 Å². The summed E-state index contributed by atoms with van der Waals surface area (Å²) in [5.74, 6) is 0.0338. The average Bonchev–Trinajstić information content (AvgIpc) is 3.55. The van der Waals surface area contributed by atoms with E-state index in [1.807, 2.05) is 0 Å². The van der Waals surface area contributed by atoms with Crippen LogP contribution in [0.4, 0.5) is 0 Å². The van der Waals surface area contributed by atoms with Gasteiger partial charge in [0.25, 0.3) is 0 Å². The first kappa shape index (κ1) is 27.3. The van der Waals surface area contributed by atoms with Crippen LogP contribution in [0.1, 0.15) is 45.4 Å². The van der Waals surface area contributed by atoms with Crippen LogP contribution < -0.4 is 0 Å². The second kappa shape index (κ2) is 11.1. The van der Waals surface area contributed by atoms with Crippen LogP contribution in [-0.2, 0) is 9.84 Å². The minimum absolute atomic E-state index is 0.0710. The Hall–Kier alpha value is -5.31. The molecule has 5 rings (SSSR count). The zero-order chi connectivity index (χ0) is 29.1. The van der Waals surface area contributed by atoms with E-state index in [1.165, 1.54) is 46.3 Å². The van der Waals surface area contributed by atoms with Gasteiger partial charge in [0.15, 0.2) is 21.5 Å². The normalized spacial score (nSPS) is 12.9. The van der Waals surface area contributed by atoms with E-state index in [-0.39, 0.29) is 16.4 Å². The molecular formula is C26H24N10O4S. The number of rotatable bonds is 8. The molecule has 2 N–H and O–H groups in total. The lowest BCUT2D eigenvalue weighted by Crippen LogP contribution is -2.08. The SMILES string of the molecule is Cc1nnnn1N=Cc1ccc(O)c(C(c2cccc(S(C)(=O)=O)c2)c2cc(C=Nn3nnnc3C)ccc2O)c1. The van der Waals surface area contributed by atoms with E-state index in [9.17, 15) is 18.6 Å². The molecule has 0 atom stereocenters. The van der Waals surface area contributed by atoms with Crippen molar-refractivity contribution in [3.8, 4) is 11.5 Å². The van der Waals surface area contributed by atoms with Crippen molar-refractivity contribution < 1.29 is 18.6 Å². The minimum Gasteiger partial charge on any atom is -0.508 e. The molecule has 2 aromatic heterocycles. The number of hydrogen-bond donors (Lipinski definition) is 2. The van der Waals surface area contributed by atoms with Crippen LogP contribution in [0.2, 0.25) is 0 Å². The van der Waals surface area contributed by atoms with Crippen molar-refractivity contribution in [1.82, 2.24) is 40.6 Å². The Morgan fingerprint density at radius 2 is 1.29 bits per heavy atom. The molecule has 3 aromatic carbocycles. The van der Waals surface area contributed by atoms with Gasteiger partial charge in [0, 0.05) is 23.3 Å². The van der Waals surface area contributed by atoms with Crippen molar-refractivity contribution in [3.05, 3.63) is 100 Å². The van der Waals surface area contributed by atoms with Crippen LogP contribution in [0.3, 0.4) is 0 Å². The Balaban J connectivity index is 1.66. The number of aryl methyl sites for hydroxylation is 2. The van der Waals surface area contributed by atoms with Crippen LogP contribution >= 0.6 is 0 Å². The van der Waals surface area contributed by atoms with Gasteiger partial charge < -0.3 is 10.2 Å². The quantitative estimate of drug-likeness (QED) is 0.206. The largest absolute Gasteiger partial charge is 0.508 e. The molecule has 14 nitrogen and oxygen atoms in total. The van der Waals surface area contributed by atoms with Gasteiger partial charge >= 0.3 is 0 Å². The fourth-order valence-corrected chi connectivity index (χ4v) is 4.81. The number of aromatic nitrogens is 8. The summed E-state index contributed by atoms with van der Waals surface area (Å²) < 4.78 is 24.8. The molecule has 0 radical (unpaired) electrons. The van der Waals surface area contributed by atoms with Crippen molar-refractivity contribution in [2.75, 3.05) is 6.26 Å². The third-order valence-corrected chi connectivity index (χ3v) is 7.29. The van der Waals surface area contributed by atoms with Crippen molar-refractivity contribution >= 4 is 22.3 Å². The summed E-state index contributed by atoms with van der Waals surface area (Å²) in [6, 6.07) is 16.1. The topological polar surface area (TPSA) is 187 Å². The highest BCUT2D eigenvalue weighted by Gasteiger charge is 2.25. The molecule has 41 heavy (non-hydrogen) atoms. The fourth-order valence-electron chi connectivity index (χ4n) is 4.13. The number of benzene rings is 3. The third kappa shape index (κ3) is 5.99. The van der Waals surface area contributed by atoms with Crippen LogP contribution in [0, 0.1) is 13.8 Å². The minimum atomic E-state index is -3.55. The molecule has 15 heteroatoms. The number of phenols is 2. The summed E-state index contributed by atoms with van der Waals surface area (Å²) in [7, 11) is -3.55. The van der Waals surface area contributed by atoms with Crippen LogP contribution in [0.25, 0.3) is 0 Å². The second-order valence-corrected chi connectivity index (χ2v) is 11.2. The fraction of sp³-hybridized carbons (Fsp3) is 0.154. The molecule has 0 amide bonds. The number of nitrogens with zero attached hydrogens (tertiary/aromatic N) is 10. The highest BCUT2D eigenvalue weighted by molar-refractivity contribution is 7.90. The molecular weight excluding hydrogens is 548 g/mol. The Bertz CT molecular complexity index is 1800. The van der Waals surface area contributed by atoms with Crippen molar-refractivity contribution in [2.45, 2.75) is 24.7 Å².